The van der Waals surface area contributed by atoms with Crippen LogP contribution in [0.25, 0.3) is 0 Å². The Bertz CT molecular complexity index is 2710. The van der Waals surface area contributed by atoms with Gasteiger partial charge in [-0.05, 0) is 223 Å². The van der Waals surface area contributed by atoms with Crippen LogP contribution in [0.3, 0.4) is 0 Å². The predicted octanol–water partition coefficient (Wildman–Crippen LogP) is 20.1. The third-order valence-electron chi connectivity index (χ3n) is 18.4. The molecule has 4 aromatic rings. The second kappa shape index (κ2) is 26.0. The van der Waals surface area contributed by atoms with Gasteiger partial charge in [0.05, 0.1) is 11.4 Å². The van der Waals surface area contributed by atoms with Gasteiger partial charge in [-0.15, -0.1) is 0 Å². The first-order valence-corrected chi connectivity index (χ1v) is 33.0. The van der Waals surface area contributed by atoms with Crippen LogP contribution in [0.5, 0.6) is 0 Å². The Morgan fingerprint density at radius 3 is 1.18 bits per heavy atom. The highest BCUT2D eigenvalue weighted by molar-refractivity contribution is 6.04. The maximum Gasteiger partial charge on any atom is 0.247 e. The van der Waals surface area contributed by atoms with E-state index in [9.17, 15) is 4.79 Å². The molecule has 9 rings (SSSR count). The fourth-order valence-corrected chi connectivity index (χ4v) is 14.4. The molecule has 0 spiro atoms. The molecule has 1 amide bonds. The largest absolute Gasteiger partial charge is 0.363 e. The number of carbonyl (C=O) groups is 1. The molecule has 4 aromatic carbocycles. The van der Waals surface area contributed by atoms with Gasteiger partial charge in [-0.2, -0.15) is 0 Å². The van der Waals surface area contributed by atoms with E-state index in [0.29, 0.717) is 45.3 Å². The number of anilines is 4. The van der Waals surface area contributed by atoms with Crippen LogP contribution in [0.15, 0.2) is 97.1 Å². The summed E-state index contributed by atoms with van der Waals surface area (Å²) in [6.45, 7) is 71.4. The van der Waals surface area contributed by atoms with Crippen molar-refractivity contribution < 1.29 is 4.79 Å². The molecule has 476 valence electrons. The summed E-state index contributed by atoms with van der Waals surface area (Å²) in [7, 11) is 0. The number of hydrogen-bond donors (Lipinski definition) is 1. The van der Waals surface area contributed by atoms with E-state index in [-0.39, 0.29) is 39.5 Å². The molecule has 1 saturated heterocycles. The fourth-order valence-electron chi connectivity index (χ4n) is 14.4. The van der Waals surface area contributed by atoms with Crippen LogP contribution in [0.2, 0.25) is 0 Å². The smallest absolute Gasteiger partial charge is 0.247 e. The van der Waals surface area contributed by atoms with E-state index < -0.39 is 0 Å². The molecule has 5 atom stereocenters. The van der Waals surface area contributed by atoms with Gasteiger partial charge < -0.3 is 20.0 Å². The first-order chi connectivity index (χ1) is 38.5. The zero-order valence-corrected chi connectivity index (χ0v) is 60.4. The third kappa shape index (κ3) is 18.2. The number of aryl methyl sites for hydroxylation is 1. The fraction of sp³-hybridized carbons (Fsp3) is 0.679. The van der Waals surface area contributed by atoms with E-state index in [2.05, 4.69) is 316 Å². The van der Waals surface area contributed by atoms with Crippen molar-refractivity contribution in [2.75, 3.05) is 26.6 Å². The Morgan fingerprint density at radius 2 is 0.741 bits per heavy atom. The van der Waals surface area contributed by atoms with Crippen molar-refractivity contribution in [1.29, 1.82) is 0 Å². The lowest BCUT2D eigenvalue weighted by atomic mass is 9.77. The SMILES string of the molecule is CC(C)(C)C1C(=O)Nc2ccccc2N1C(C)(C)C.CC(C)(C)C1CCCN1C(C)(C)C.CC(C)(C)C1CCc2ccccc2N1C(C)(C)C.CC(C)(C)C1Cc2ccccc2CN1C(C)(C)C.CC(C)(C)C1Cc2ccccc2N1C(C)(C)C. The van der Waals surface area contributed by atoms with Gasteiger partial charge in [0, 0.05) is 69.8 Å². The van der Waals surface area contributed by atoms with Crippen molar-refractivity contribution in [3.63, 3.8) is 0 Å². The molecule has 0 bridgehead atoms. The average molecular weight is 1170 g/mol. The lowest BCUT2D eigenvalue weighted by molar-refractivity contribution is -0.120. The number of nitrogens with one attached hydrogen (secondary N) is 1. The van der Waals surface area contributed by atoms with Gasteiger partial charge >= 0.3 is 0 Å². The van der Waals surface area contributed by atoms with Gasteiger partial charge in [-0.3, -0.25) is 14.6 Å². The summed E-state index contributed by atoms with van der Waals surface area (Å²) in [5.41, 5.74) is 13.0. The van der Waals surface area contributed by atoms with Crippen molar-refractivity contribution in [2.45, 2.75) is 311 Å². The molecular weight excluding hydrogens is 1040 g/mol. The van der Waals surface area contributed by atoms with Crippen LogP contribution in [0.4, 0.5) is 22.7 Å². The molecule has 1 N–H and O–H groups in total. The predicted molar refractivity (Wildman–Crippen MR) is 374 cm³/mol. The van der Waals surface area contributed by atoms with Gasteiger partial charge in [-0.1, -0.05) is 177 Å². The number of likely N-dealkylation sites (tertiary alicyclic amines) is 1. The van der Waals surface area contributed by atoms with Gasteiger partial charge in [-0.25, -0.2) is 0 Å². The summed E-state index contributed by atoms with van der Waals surface area (Å²) >= 11 is 0. The molecule has 0 saturated carbocycles. The first-order valence-electron chi connectivity index (χ1n) is 33.0. The second-order valence-electron chi connectivity index (χ2n) is 36.2. The van der Waals surface area contributed by atoms with E-state index in [1.807, 2.05) is 18.2 Å². The van der Waals surface area contributed by atoms with Crippen LogP contribution in [0.1, 0.15) is 249 Å². The third-order valence-corrected chi connectivity index (χ3v) is 18.4. The number of benzene rings is 4. The summed E-state index contributed by atoms with van der Waals surface area (Å²) in [5.74, 6) is 0.0844. The zero-order chi connectivity index (χ0) is 64.6. The maximum atomic E-state index is 12.5. The summed E-state index contributed by atoms with van der Waals surface area (Å²) in [6.07, 6.45) is 7.58. The minimum Gasteiger partial charge on any atom is -0.363 e. The van der Waals surface area contributed by atoms with Crippen LogP contribution in [-0.2, 0) is 30.6 Å². The lowest BCUT2D eigenvalue weighted by Crippen LogP contribution is -2.61. The van der Waals surface area contributed by atoms with E-state index in [4.69, 9.17) is 0 Å². The minimum atomic E-state index is -0.164. The second-order valence-corrected chi connectivity index (χ2v) is 36.2. The van der Waals surface area contributed by atoms with Crippen molar-refractivity contribution in [2.24, 2.45) is 27.1 Å². The first kappa shape index (κ1) is 71.4. The number of carbonyl (C=O) groups excluding carboxylic acids is 1. The summed E-state index contributed by atoms with van der Waals surface area (Å²) < 4.78 is 0. The standard InChI is InChI=1S/2C17H27N.C16H24N2O.C16H25N.C12H25N/c1-16(2,3)15-11-13-9-7-8-10-14(13)12-18(15)17(4,5)6;1-16(2,3)15-12-11-13-9-7-8-10-14(13)18(15)17(4,5)6;1-15(2,3)13-14(19)17-11-9-7-8-10-12(11)18(13)16(4,5)6;1-15(2,3)14-11-12-9-7-8-10-13(12)17(14)16(4,5)6;1-11(2,3)10-8-7-9-13(10)12(4,5)6/h2*7-10,15H,11-12H2,1-6H3;7-10,13H,1-6H3,(H,17,19);7-10,14H,11H2,1-6H3;10H,7-9H2,1-6H3. The highest BCUT2D eigenvalue weighted by Gasteiger charge is 2.47. The molecule has 5 aliphatic rings. The van der Waals surface area contributed by atoms with Crippen LogP contribution in [-0.4, -0.2) is 80.2 Å². The number of rotatable bonds is 0. The molecule has 7 nitrogen and oxygen atoms in total. The molecule has 0 radical (unpaired) electrons. The topological polar surface area (TPSA) is 45.3 Å². The van der Waals surface area contributed by atoms with Gasteiger partial charge in [0.15, 0.2) is 0 Å². The Labute approximate surface area is 524 Å². The number of fused-ring (bicyclic) bond motifs is 4. The molecule has 1 fully saturated rings. The molecule has 5 unspecified atom stereocenters. The van der Waals surface area contributed by atoms with Crippen molar-refractivity contribution >= 4 is 28.7 Å². The van der Waals surface area contributed by atoms with Crippen molar-refractivity contribution in [3.8, 4) is 0 Å². The maximum absolute atomic E-state index is 12.5. The van der Waals surface area contributed by atoms with E-state index in [1.54, 1.807) is 0 Å². The normalized spacial score (nSPS) is 21.7. The molecule has 0 aliphatic carbocycles. The Hall–Kier alpha value is -4.33. The summed E-state index contributed by atoms with van der Waals surface area (Å²) in [5, 5.41) is 3.04. The zero-order valence-electron chi connectivity index (χ0n) is 60.4. The molecule has 7 heteroatoms. The van der Waals surface area contributed by atoms with Crippen LogP contribution in [0, 0.1) is 27.1 Å². The van der Waals surface area contributed by atoms with E-state index in [1.165, 1.54) is 78.7 Å². The number of nitrogens with zero attached hydrogens (tertiary/aromatic N) is 5. The van der Waals surface area contributed by atoms with Gasteiger partial charge in [0.2, 0.25) is 5.91 Å². The lowest BCUT2D eigenvalue weighted by Gasteiger charge is -2.52. The van der Waals surface area contributed by atoms with Gasteiger partial charge in [0.25, 0.3) is 0 Å². The number of hydrogen-bond acceptors (Lipinski definition) is 6. The molecule has 85 heavy (non-hydrogen) atoms. The van der Waals surface area contributed by atoms with Crippen LogP contribution < -0.4 is 20.0 Å². The highest BCUT2D eigenvalue weighted by atomic mass is 16.2. The van der Waals surface area contributed by atoms with Crippen molar-refractivity contribution in [1.82, 2.24) is 9.80 Å². The van der Waals surface area contributed by atoms with Crippen LogP contribution >= 0.6 is 0 Å². The summed E-state index contributed by atoms with van der Waals surface area (Å²) in [4.78, 5) is 25.4. The highest BCUT2D eigenvalue weighted by Crippen LogP contribution is 2.46. The van der Waals surface area contributed by atoms with E-state index >= 15 is 0 Å². The average Bonchev–Trinajstić information content (AvgIpc) is 1.31. The summed E-state index contributed by atoms with van der Waals surface area (Å²) in [6, 6.07) is 37.2. The number of para-hydroxylation sites is 4. The monoisotopic (exact) mass is 1170 g/mol. The quantitative estimate of drug-likeness (QED) is 0.189. The molecule has 0 aromatic heterocycles. The van der Waals surface area contributed by atoms with Crippen molar-refractivity contribution in [3.05, 3.63) is 119 Å². The molecular formula is C78H128N6O. The molecule has 5 aliphatic heterocycles. The Morgan fingerprint density at radius 1 is 0.353 bits per heavy atom. The number of amides is 1. The van der Waals surface area contributed by atoms with Gasteiger partial charge in [0.1, 0.15) is 6.04 Å². The molecule has 5 heterocycles. The minimum absolute atomic E-state index is 0.0844. The Balaban J connectivity index is 0.000000195. The Kier molecular flexibility index (Phi) is 21.9. The van der Waals surface area contributed by atoms with E-state index in [0.717, 1.165) is 24.0 Å².